The summed E-state index contributed by atoms with van der Waals surface area (Å²) in [5.41, 5.74) is 2.67. The van der Waals surface area contributed by atoms with Crippen LogP contribution in [0.4, 0.5) is 0 Å². The van der Waals surface area contributed by atoms with E-state index >= 15 is 0 Å². The first-order valence-corrected chi connectivity index (χ1v) is 8.94. The molecular formula is C21H25NO3. The summed E-state index contributed by atoms with van der Waals surface area (Å²) in [4.78, 5) is 14.9. The number of carbonyl (C=O) groups excluding carboxylic acids is 1. The summed E-state index contributed by atoms with van der Waals surface area (Å²) in [6.07, 6.45) is 2.05. The molecule has 4 nitrogen and oxygen atoms in total. The maximum Gasteiger partial charge on any atom is 0.253 e. The lowest BCUT2D eigenvalue weighted by atomic mass is 9.98. The van der Waals surface area contributed by atoms with Gasteiger partial charge in [0.25, 0.3) is 5.91 Å². The molecule has 4 heteroatoms. The third-order valence-corrected chi connectivity index (χ3v) is 4.80. The summed E-state index contributed by atoms with van der Waals surface area (Å²) in [6, 6.07) is 14.7. The Labute approximate surface area is 149 Å². The van der Waals surface area contributed by atoms with Crippen molar-refractivity contribution < 1.29 is 14.6 Å². The lowest BCUT2D eigenvalue weighted by molar-refractivity contribution is 0.0467. The lowest BCUT2D eigenvalue weighted by Crippen LogP contribution is -2.37. The van der Waals surface area contributed by atoms with Gasteiger partial charge in [-0.1, -0.05) is 24.3 Å². The van der Waals surface area contributed by atoms with Crippen molar-refractivity contribution in [2.75, 3.05) is 26.3 Å². The Bertz CT molecular complexity index is 705. The van der Waals surface area contributed by atoms with Gasteiger partial charge in [-0.2, -0.15) is 0 Å². The third-order valence-electron chi connectivity index (χ3n) is 4.80. The standard InChI is InChI=1S/C21H25NO3/c1-2-22(15-16-10-12-25-13-11-16)21(24)19-5-3-4-18(14-19)17-6-8-20(23)9-7-17/h3-9,14,16,23H,2,10-13,15H2,1H3. The highest BCUT2D eigenvalue weighted by Gasteiger charge is 2.21. The molecule has 1 saturated heterocycles. The average molecular weight is 339 g/mol. The van der Waals surface area contributed by atoms with E-state index in [2.05, 4.69) is 0 Å². The Hall–Kier alpha value is -2.33. The molecule has 0 radical (unpaired) electrons. The van der Waals surface area contributed by atoms with Gasteiger partial charge in [0.05, 0.1) is 0 Å². The molecular weight excluding hydrogens is 314 g/mol. The molecule has 1 N–H and O–H groups in total. The molecule has 25 heavy (non-hydrogen) atoms. The van der Waals surface area contributed by atoms with Gasteiger partial charge >= 0.3 is 0 Å². The summed E-state index contributed by atoms with van der Waals surface area (Å²) in [5, 5.41) is 9.44. The molecule has 0 spiro atoms. The Balaban J connectivity index is 1.76. The Morgan fingerprint density at radius 1 is 1.12 bits per heavy atom. The van der Waals surface area contributed by atoms with Gasteiger partial charge in [-0.25, -0.2) is 0 Å². The predicted molar refractivity (Wildman–Crippen MR) is 98.7 cm³/mol. The number of rotatable bonds is 5. The molecule has 0 bridgehead atoms. The van der Waals surface area contributed by atoms with Crippen molar-refractivity contribution in [1.82, 2.24) is 4.90 Å². The number of nitrogens with zero attached hydrogens (tertiary/aromatic N) is 1. The number of phenolic OH excluding ortho intramolecular Hbond substituents is 1. The van der Waals surface area contributed by atoms with Gasteiger partial charge in [0.15, 0.2) is 0 Å². The van der Waals surface area contributed by atoms with Crippen LogP contribution in [-0.2, 0) is 4.74 Å². The largest absolute Gasteiger partial charge is 0.508 e. The van der Waals surface area contributed by atoms with Crippen LogP contribution in [0.25, 0.3) is 11.1 Å². The van der Waals surface area contributed by atoms with E-state index in [0.29, 0.717) is 18.0 Å². The van der Waals surface area contributed by atoms with Crippen molar-refractivity contribution >= 4 is 5.91 Å². The van der Waals surface area contributed by atoms with Gasteiger partial charge in [0.1, 0.15) is 5.75 Å². The maximum absolute atomic E-state index is 12.9. The summed E-state index contributed by atoms with van der Waals surface area (Å²) >= 11 is 0. The number of amides is 1. The molecule has 1 aliphatic rings. The molecule has 0 saturated carbocycles. The highest BCUT2D eigenvalue weighted by atomic mass is 16.5. The third kappa shape index (κ3) is 4.40. The topological polar surface area (TPSA) is 49.8 Å². The van der Waals surface area contributed by atoms with Crippen molar-refractivity contribution in [3.63, 3.8) is 0 Å². The first-order chi connectivity index (χ1) is 12.2. The van der Waals surface area contributed by atoms with Gasteiger partial charge in [-0.05, 0) is 61.1 Å². The van der Waals surface area contributed by atoms with Crippen molar-refractivity contribution in [1.29, 1.82) is 0 Å². The molecule has 3 rings (SSSR count). The first-order valence-electron chi connectivity index (χ1n) is 8.94. The molecule has 0 atom stereocenters. The smallest absolute Gasteiger partial charge is 0.253 e. The van der Waals surface area contributed by atoms with Crippen LogP contribution in [0.5, 0.6) is 5.75 Å². The van der Waals surface area contributed by atoms with Gasteiger partial charge in [0, 0.05) is 31.9 Å². The second-order valence-corrected chi connectivity index (χ2v) is 6.53. The number of benzene rings is 2. The van der Waals surface area contributed by atoms with Crippen LogP contribution < -0.4 is 0 Å². The van der Waals surface area contributed by atoms with E-state index in [9.17, 15) is 9.90 Å². The normalized spacial score (nSPS) is 15.1. The van der Waals surface area contributed by atoms with E-state index in [1.165, 1.54) is 0 Å². The molecule has 1 fully saturated rings. The van der Waals surface area contributed by atoms with Crippen LogP contribution in [0, 0.1) is 5.92 Å². The summed E-state index contributed by atoms with van der Waals surface area (Å²) in [6.45, 7) is 5.13. The number of phenols is 1. The van der Waals surface area contributed by atoms with Crippen LogP contribution in [0.15, 0.2) is 48.5 Å². The fourth-order valence-electron chi connectivity index (χ4n) is 3.26. The molecule has 1 heterocycles. The number of hydrogen-bond donors (Lipinski definition) is 1. The van der Waals surface area contributed by atoms with Crippen molar-refractivity contribution in [3.05, 3.63) is 54.1 Å². The molecule has 132 valence electrons. The summed E-state index contributed by atoms with van der Waals surface area (Å²) in [7, 11) is 0. The predicted octanol–water partition coefficient (Wildman–Crippen LogP) is 3.95. The average Bonchev–Trinajstić information content (AvgIpc) is 2.67. The van der Waals surface area contributed by atoms with E-state index in [-0.39, 0.29) is 11.7 Å². The fourth-order valence-corrected chi connectivity index (χ4v) is 3.26. The minimum atomic E-state index is 0.0784. The van der Waals surface area contributed by atoms with Gasteiger partial charge in [-0.15, -0.1) is 0 Å². The number of carbonyl (C=O) groups is 1. The second-order valence-electron chi connectivity index (χ2n) is 6.53. The lowest BCUT2D eigenvalue weighted by Gasteiger charge is -2.29. The van der Waals surface area contributed by atoms with Gasteiger partial charge in [0.2, 0.25) is 0 Å². The minimum absolute atomic E-state index is 0.0784. The molecule has 2 aromatic rings. The van der Waals surface area contributed by atoms with Crippen molar-refractivity contribution in [2.24, 2.45) is 5.92 Å². The summed E-state index contributed by atoms with van der Waals surface area (Å²) < 4.78 is 5.41. The van der Waals surface area contributed by atoms with Crippen molar-refractivity contribution in [3.8, 4) is 16.9 Å². The SMILES string of the molecule is CCN(CC1CCOCC1)C(=O)c1cccc(-c2ccc(O)cc2)c1. The molecule has 0 aromatic heterocycles. The highest BCUT2D eigenvalue weighted by Crippen LogP contribution is 2.24. The Morgan fingerprint density at radius 2 is 1.84 bits per heavy atom. The minimum Gasteiger partial charge on any atom is -0.508 e. The molecule has 0 unspecified atom stereocenters. The Morgan fingerprint density at radius 3 is 2.52 bits per heavy atom. The quantitative estimate of drug-likeness (QED) is 0.897. The fraction of sp³-hybridized carbons (Fsp3) is 0.381. The molecule has 1 amide bonds. The van der Waals surface area contributed by atoms with E-state index < -0.39 is 0 Å². The van der Waals surface area contributed by atoms with E-state index in [0.717, 1.165) is 43.7 Å². The van der Waals surface area contributed by atoms with E-state index in [4.69, 9.17) is 4.74 Å². The van der Waals surface area contributed by atoms with E-state index in [1.54, 1.807) is 12.1 Å². The summed E-state index contributed by atoms with van der Waals surface area (Å²) in [5.74, 6) is 0.845. The zero-order valence-electron chi connectivity index (χ0n) is 14.6. The second kappa shape index (κ2) is 8.17. The van der Waals surface area contributed by atoms with E-state index in [1.807, 2.05) is 48.2 Å². The Kier molecular flexibility index (Phi) is 5.71. The van der Waals surface area contributed by atoms with Crippen LogP contribution in [0.3, 0.4) is 0 Å². The number of hydrogen-bond acceptors (Lipinski definition) is 3. The van der Waals surface area contributed by atoms with Crippen LogP contribution in [0.1, 0.15) is 30.1 Å². The van der Waals surface area contributed by atoms with Crippen molar-refractivity contribution in [2.45, 2.75) is 19.8 Å². The van der Waals surface area contributed by atoms with Crippen LogP contribution >= 0.6 is 0 Å². The molecule has 2 aromatic carbocycles. The zero-order valence-corrected chi connectivity index (χ0v) is 14.6. The maximum atomic E-state index is 12.9. The number of ether oxygens (including phenoxy) is 1. The highest BCUT2D eigenvalue weighted by molar-refractivity contribution is 5.95. The van der Waals surface area contributed by atoms with Crippen LogP contribution in [0.2, 0.25) is 0 Å². The number of aromatic hydroxyl groups is 1. The molecule has 0 aliphatic carbocycles. The van der Waals surface area contributed by atoms with Gasteiger partial charge in [-0.3, -0.25) is 4.79 Å². The zero-order chi connectivity index (χ0) is 17.6. The first kappa shape index (κ1) is 17.5. The van der Waals surface area contributed by atoms with Gasteiger partial charge < -0.3 is 14.7 Å². The monoisotopic (exact) mass is 339 g/mol. The van der Waals surface area contributed by atoms with Crippen LogP contribution in [-0.4, -0.2) is 42.2 Å². The molecule has 1 aliphatic heterocycles.